The first-order chi connectivity index (χ1) is 6.87. The summed E-state index contributed by atoms with van der Waals surface area (Å²) in [5.41, 5.74) is -0.0117. The van der Waals surface area contributed by atoms with Crippen molar-refractivity contribution in [3.05, 3.63) is 0 Å². The van der Waals surface area contributed by atoms with Gasteiger partial charge >= 0.3 is 0 Å². The normalized spacial score (nSPS) is 11.9. The molecule has 0 saturated heterocycles. The lowest BCUT2D eigenvalue weighted by Gasteiger charge is -2.23. The second-order valence-electron chi connectivity index (χ2n) is 5.35. The van der Waals surface area contributed by atoms with Gasteiger partial charge in [0.05, 0.1) is 0 Å². The van der Waals surface area contributed by atoms with E-state index in [4.69, 9.17) is 5.11 Å². The van der Waals surface area contributed by atoms with E-state index in [0.717, 1.165) is 12.8 Å². The molecule has 0 aliphatic heterocycles. The van der Waals surface area contributed by atoms with Gasteiger partial charge in [-0.3, -0.25) is 4.79 Å². The van der Waals surface area contributed by atoms with Gasteiger partial charge in [-0.15, -0.1) is 0 Å². The molecular formula is C12H25NO2. The Balaban J connectivity index is 3.70. The van der Waals surface area contributed by atoms with Crippen LogP contribution < -0.4 is 5.32 Å². The largest absolute Gasteiger partial charge is 0.396 e. The summed E-state index contributed by atoms with van der Waals surface area (Å²) in [4.78, 5) is 11.4. The van der Waals surface area contributed by atoms with Crippen molar-refractivity contribution >= 4 is 5.91 Å². The molecule has 2 N–H and O–H groups in total. The average Bonchev–Trinajstić information content (AvgIpc) is 2.11. The van der Waals surface area contributed by atoms with E-state index in [9.17, 15) is 4.79 Å². The lowest BCUT2D eigenvalue weighted by atomic mass is 9.89. The maximum absolute atomic E-state index is 11.4. The van der Waals surface area contributed by atoms with Crippen LogP contribution in [0.3, 0.4) is 0 Å². The van der Waals surface area contributed by atoms with Crippen LogP contribution in [0.1, 0.15) is 47.0 Å². The van der Waals surface area contributed by atoms with Crippen molar-refractivity contribution in [2.75, 3.05) is 13.2 Å². The van der Waals surface area contributed by atoms with Crippen LogP contribution in [-0.4, -0.2) is 24.2 Å². The molecule has 0 aromatic heterocycles. The zero-order chi connectivity index (χ0) is 11.9. The fourth-order valence-electron chi connectivity index (χ4n) is 1.24. The summed E-state index contributed by atoms with van der Waals surface area (Å²) in [7, 11) is 0. The van der Waals surface area contributed by atoms with E-state index in [-0.39, 0.29) is 17.9 Å². The first-order valence-corrected chi connectivity index (χ1v) is 5.75. The van der Waals surface area contributed by atoms with Gasteiger partial charge in [0.15, 0.2) is 0 Å². The van der Waals surface area contributed by atoms with Gasteiger partial charge in [0.2, 0.25) is 5.91 Å². The summed E-state index contributed by atoms with van der Waals surface area (Å²) < 4.78 is 0. The SMILES string of the molecule is CC(C)CCC(=O)NCC(C)(C)CCO. The number of aliphatic hydroxyl groups excluding tert-OH is 1. The number of hydrogen-bond donors (Lipinski definition) is 2. The summed E-state index contributed by atoms with van der Waals surface area (Å²) in [6.07, 6.45) is 2.26. The van der Waals surface area contributed by atoms with E-state index in [1.54, 1.807) is 0 Å². The first-order valence-electron chi connectivity index (χ1n) is 5.75. The summed E-state index contributed by atoms with van der Waals surface area (Å²) in [6, 6.07) is 0. The molecule has 0 saturated carbocycles. The van der Waals surface area contributed by atoms with Gasteiger partial charge in [-0.2, -0.15) is 0 Å². The summed E-state index contributed by atoms with van der Waals surface area (Å²) in [6.45, 7) is 9.14. The van der Waals surface area contributed by atoms with Crippen molar-refractivity contribution < 1.29 is 9.90 Å². The Morgan fingerprint density at radius 2 is 2.00 bits per heavy atom. The number of rotatable bonds is 7. The molecule has 0 aliphatic rings. The van der Waals surface area contributed by atoms with Crippen LogP contribution in [0.15, 0.2) is 0 Å². The second-order valence-corrected chi connectivity index (χ2v) is 5.35. The monoisotopic (exact) mass is 215 g/mol. The molecule has 0 bridgehead atoms. The van der Waals surface area contributed by atoms with Crippen molar-refractivity contribution in [2.24, 2.45) is 11.3 Å². The summed E-state index contributed by atoms with van der Waals surface area (Å²) in [5, 5.41) is 11.7. The van der Waals surface area contributed by atoms with Gasteiger partial charge in [0, 0.05) is 19.6 Å². The van der Waals surface area contributed by atoms with E-state index in [2.05, 4.69) is 19.2 Å². The maximum atomic E-state index is 11.4. The molecule has 90 valence electrons. The number of hydrogen-bond acceptors (Lipinski definition) is 2. The highest BCUT2D eigenvalue weighted by Gasteiger charge is 2.17. The van der Waals surface area contributed by atoms with Crippen molar-refractivity contribution in [3.8, 4) is 0 Å². The van der Waals surface area contributed by atoms with Crippen LogP contribution in [0.5, 0.6) is 0 Å². The number of carbonyl (C=O) groups is 1. The minimum absolute atomic E-state index is 0.0117. The van der Waals surface area contributed by atoms with Crippen LogP contribution in [0, 0.1) is 11.3 Å². The van der Waals surface area contributed by atoms with Crippen LogP contribution in [0.4, 0.5) is 0 Å². The number of aliphatic hydroxyl groups is 1. The van der Waals surface area contributed by atoms with Crippen molar-refractivity contribution in [1.82, 2.24) is 5.32 Å². The Labute approximate surface area is 93.3 Å². The minimum atomic E-state index is -0.0117. The smallest absolute Gasteiger partial charge is 0.220 e. The molecule has 15 heavy (non-hydrogen) atoms. The molecule has 0 aliphatic carbocycles. The summed E-state index contributed by atoms with van der Waals surface area (Å²) in [5.74, 6) is 0.691. The molecule has 3 heteroatoms. The molecule has 0 rings (SSSR count). The molecule has 0 spiro atoms. The third-order valence-electron chi connectivity index (χ3n) is 2.50. The Morgan fingerprint density at radius 3 is 2.47 bits per heavy atom. The lowest BCUT2D eigenvalue weighted by Crippen LogP contribution is -2.34. The third-order valence-corrected chi connectivity index (χ3v) is 2.50. The summed E-state index contributed by atoms with van der Waals surface area (Å²) >= 11 is 0. The third kappa shape index (κ3) is 8.43. The predicted octanol–water partition coefficient (Wildman–Crippen LogP) is 1.95. The van der Waals surface area contributed by atoms with Crippen LogP contribution in [-0.2, 0) is 4.79 Å². The van der Waals surface area contributed by atoms with Gasteiger partial charge < -0.3 is 10.4 Å². The molecule has 0 unspecified atom stereocenters. The van der Waals surface area contributed by atoms with Crippen molar-refractivity contribution in [3.63, 3.8) is 0 Å². The van der Waals surface area contributed by atoms with Gasteiger partial charge in [-0.05, 0) is 24.2 Å². The quantitative estimate of drug-likeness (QED) is 0.682. The van der Waals surface area contributed by atoms with E-state index >= 15 is 0 Å². The van der Waals surface area contributed by atoms with Crippen LogP contribution in [0.2, 0.25) is 0 Å². The Morgan fingerprint density at radius 1 is 1.40 bits per heavy atom. The van der Waals surface area contributed by atoms with Crippen LogP contribution >= 0.6 is 0 Å². The van der Waals surface area contributed by atoms with E-state index < -0.39 is 0 Å². The minimum Gasteiger partial charge on any atom is -0.396 e. The molecule has 0 heterocycles. The molecule has 3 nitrogen and oxygen atoms in total. The van der Waals surface area contributed by atoms with E-state index in [1.165, 1.54) is 0 Å². The number of nitrogens with one attached hydrogen (secondary N) is 1. The fraction of sp³-hybridized carbons (Fsp3) is 0.917. The Bertz CT molecular complexity index is 188. The van der Waals surface area contributed by atoms with Gasteiger partial charge in [0.25, 0.3) is 0 Å². The van der Waals surface area contributed by atoms with E-state index in [0.29, 0.717) is 18.9 Å². The highest BCUT2D eigenvalue weighted by Crippen LogP contribution is 2.18. The standard InChI is InChI=1S/C12H25NO2/c1-10(2)5-6-11(15)13-9-12(3,4)7-8-14/h10,14H,5-9H2,1-4H3,(H,13,15). The highest BCUT2D eigenvalue weighted by molar-refractivity contribution is 5.75. The topological polar surface area (TPSA) is 49.3 Å². The molecule has 0 aromatic carbocycles. The van der Waals surface area contributed by atoms with Crippen LogP contribution in [0.25, 0.3) is 0 Å². The Kier molecular flexibility index (Phi) is 6.57. The average molecular weight is 215 g/mol. The van der Waals surface area contributed by atoms with Gasteiger partial charge in [0.1, 0.15) is 0 Å². The zero-order valence-corrected chi connectivity index (χ0v) is 10.5. The number of amides is 1. The molecule has 0 fully saturated rings. The van der Waals surface area contributed by atoms with Crippen molar-refractivity contribution in [1.29, 1.82) is 0 Å². The zero-order valence-electron chi connectivity index (χ0n) is 10.5. The highest BCUT2D eigenvalue weighted by atomic mass is 16.3. The molecule has 0 atom stereocenters. The molecule has 0 aromatic rings. The lowest BCUT2D eigenvalue weighted by molar-refractivity contribution is -0.121. The van der Waals surface area contributed by atoms with Gasteiger partial charge in [-0.25, -0.2) is 0 Å². The molecule has 1 amide bonds. The van der Waals surface area contributed by atoms with Gasteiger partial charge in [-0.1, -0.05) is 27.7 Å². The predicted molar refractivity (Wildman–Crippen MR) is 62.6 cm³/mol. The first kappa shape index (κ1) is 14.4. The Hall–Kier alpha value is -0.570. The molecular weight excluding hydrogens is 190 g/mol. The van der Waals surface area contributed by atoms with Crippen molar-refractivity contribution in [2.45, 2.75) is 47.0 Å². The fourth-order valence-corrected chi connectivity index (χ4v) is 1.24. The maximum Gasteiger partial charge on any atom is 0.220 e. The number of carbonyl (C=O) groups excluding carboxylic acids is 1. The molecule has 0 radical (unpaired) electrons. The second kappa shape index (κ2) is 6.83. The van der Waals surface area contributed by atoms with E-state index in [1.807, 2.05) is 13.8 Å².